The van der Waals surface area contributed by atoms with Gasteiger partial charge in [0.15, 0.2) is 0 Å². The van der Waals surface area contributed by atoms with Gasteiger partial charge in [-0.1, -0.05) is 0 Å². The average molecular weight is 429 g/mol. The SMILES string of the molecule is COc1ccc2[nH]cc(CCNC(C)=O)c2c1.[Au]. The second-order valence-electron chi connectivity index (χ2n) is 3.96. The molecule has 18 heavy (non-hydrogen) atoms. The first kappa shape index (κ1) is 14.8. The van der Waals surface area contributed by atoms with Crippen LogP contribution in [0.15, 0.2) is 24.4 Å². The first-order chi connectivity index (χ1) is 8.20. The van der Waals surface area contributed by atoms with Crippen molar-refractivity contribution < 1.29 is 31.9 Å². The molecule has 0 unspecified atom stereocenters. The van der Waals surface area contributed by atoms with Gasteiger partial charge in [-0.2, -0.15) is 0 Å². The van der Waals surface area contributed by atoms with E-state index in [1.54, 1.807) is 7.11 Å². The normalized spacial score (nSPS) is 9.89. The first-order valence-electron chi connectivity index (χ1n) is 5.59. The van der Waals surface area contributed by atoms with E-state index in [4.69, 9.17) is 4.74 Å². The summed E-state index contributed by atoms with van der Waals surface area (Å²) in [6.07, 6.45) is 2.79. The fraction of sp³-hybridized carbons (Fsp3) is 0.308. The molecule has 0 spiro atoms. The van der Waals surface area contributed by atoms with Gasteiger partial charge in [0.1, 0.15) is 5.75 Å². The quantitative estimate of drug-likeness (QED) is 0.730. The van der Waals surface area contributed by atoms with Crippen LogP contribution in [0.1, 0.15) is 12.5 Å². The second kappa shape index (κ2) is 6.64. The van der Waals surface area contributed by atoms with Gasteiger partial charge in [0.05, 0.1) is 7.11 Å². The first-order valence-corrected chi connectivity index (χ1v) is 5.59. The fourth-order valence-electron chi connectivity index (χ4n) is 1.86. The van der Waals surface area contributed by atoms with Crippen molar-refractivity contribution in [2.45, 2.75) is 13.3 Å². The monoisotopic (exact) mass is 429 g/mol. The number of carbonyl (C=O) groups excluding carboxylic acids is 1. The molecular weight excluding hydrogens is 413 g/mol. The van der Waals surface area contributed by atoms with Crippen LogP contribution < -0.4 is 10.1 Å². The summed E-state index contributed by atoms with van der Waals surface area (Å²) in [5, 5.41) is 3.94. The summed E-state index contributed by atoms with van der Waals surface area (Å²) in [6.45, 7) is 2.18. The minimum Gasteiger partial charge on any atom is -0.497 e. The van der Waals surface area contributed by atoms with E-state index in [0.717, 1.165) is 23.1 Å². The number of aromatic nitrogens is 1. The Balaban J connectivity index is 0.00000162. The fourth-order valence-corrected chi connectivity index (χ4v) is 1.86. The van der Waals surface area contributed by atoms with Gasteiger partial charge in [-0.05, 0) is 30.2 Å². The number of hydrogen-bond donors (Lipinski definition) is 2. The Morgan fingerprint density at radius 3 is 2.89 bits per heavy atom. The Morgan fingerprint density at radius 2 is 2.22 bits per heavy atom. The van der Waals surface area contributed by atoms with Gasteiger partial charge in [-0.15, -0.1) is 0 Å². The molecule has 1 aromatic carbocycles. The molecule has 0 aliphatic carbocycles. The Kier molecular flexibility index (Phi) is 5.47. The van der Waals surface area contributed by atoms with Crippen LogP contribution in [-0.2, 0) is 33.6 Å². The van der Waals surface area contributed by atoms with Crippen LogP contribution in [0.3, 0.4) is 0 Å². The minimum absolute atomic E-state index is 0. The van der Waals surface area contributed by atoms with Crippen LogP contribution in [0.25, 0.3) is 10.9 Å². The van der Waals surface area contributed by atoms with Crippen LogP contribution in [0, 0.1) is 0 Å². The molecule has 0 bridgehead atoms. The van der Waals surface area contributed by atoms with Gasteiger partial charge in [0.25, 0.3) is 0 Å². The molecule has 1 amide bonds. The molecule has 5 heteroatoms. The van der Waals surface area contributed by atoms with Gasteiger partial charge in [0, 0.05) is 52.9 Å². The topological polar surface area (TPSA) is 54.1 Å². The molecule has 2 rings (SSSR count). The van der Waals surface area contributed by atoms with Crippen LogP contribution in [0.5, 0.6) is 5.75 Å². The maximum Gasteiger partial charge on any atom is 0.216 e. The number of ether oxygens (including phenoxy) is 1. The maximum absolute atomic E-state index is 10.8. The molecule has 2 aromatic rings. The smallest absolute Gasteiger partial charge is 0.216 e. The number of aromatic amines is 1. The zero-order chi connectivity index (χ0) is 12.3. The van der Waals surface area contributed by atoms with E-state index in [0.29, 0.717) is 6.54 Å². The van der Waals surface area contributed by atoms with Crippen molar-refractivity contribution in [2.24, 2.45) is 0 Å². The van der Waals surface area contributed by atoms with Gasteiger partial charge in [-0.25, -0.2) is 0 Å². The number of hydrogen-bond acceptors (Lipinski definition) is 2. The number of carbonyl (C=O) groups is 1. The zero-order valence-corrected chi connectivity index (χ0v) is 12.5. The maximum atomic E-state index is 10.8. The average Bonchev–Trinajstić information content (AvgIpc) is 2.71. The summed E-state index contributed by atoms with van der Waals surface area (Å²) >= 11 is 0. The van der Waals surface area contributed by atoms with Crippen molar-refractivity contribution in [1.29, 1.82) is 0 Å². The molecule has 4 nitrogen and oxygen atoms in total. The Morgan fingerprint density at radius 1 is 1.44 bits per heavy atom. The van der Waals surface area contributed by atoms with Crippen LogP contribution >= 0.6 is 0 Å². The standard InChI is InChI=1S/C13H16N2O2.Au/c1-9(16)14-6-5-10-8-15-13-4-3-11(17-2)7-12(10)13;/h3-4,7-8,15H,5-6H2,1-2H3,(H,14,16);. The number of rotatable bonds is 4. The van der Waals surface area contributed by atoms with Gasteiger partial charge < -0.3 is 15.0 Å². The molecule has 1 heterocycles. The van der Waals surface area contributed by atoms with Crippen molar-refractivity contribution >= 4 is 16.8 Å². The van der Waals surface area contributed by atoms with Crippen LogP contribution in [0.4, 0.5) is 0 Å². The number of methoxy groups -OCH3 is 1. The summed E-state index contributed by atoms with van der Waals surface area (Å²) in [6, 6.07) is 5.93. The Labute approximate surface area is 122 Å². The molecule has 101 valence electrons. The van der Waals surface area contributed by atoms with Crippen molar-refractivity contribution in [3.05, 3.63) is 30.0 Å². The number of benzene rings is 1. The van der Waals surface area contributed by atoms with E-state index in [-0.39, 0.29) is 28.3 Å². The molecule has 2 N–H and O–H groups in total. The van der Waals surface area contributed by atoms with Gasteiger partial charge >= 0.3 is 0 Å². The molecule has 1 aromatic heterocycles. The Bertz CT molecular complexity index is 537. The summed E-state index contributed by atoms with van der Waals surface area (Å²) in [7, 11) is 1.66. The number of nitrogens with one attached hydrogen (secondary N) is 2. The van der Waals surface area contributed by atoms with Crippen LogP contribution in [-0.4, -0.2) is 24.5 Å². The van der Waals surface area contributed by atoms with E-state index in [9.17, 15) is 4.79 Å². The third-order valence-corrected chi connectivity index (χ3v) is 2.74. The largest absolute Gasteiger partial charge is 0.497 e. The third-order valence-electron chi connectivity index (χ3n) is 2.74. The van der Waals surface area contributed by atoms with E-state index in [2.05, 4.69) is 10.3 Å². The van der Waals surface area contributed by atoms with Gasteiger partial charge in [0.2, 0.25) is 5.91 Å². The van der Waals surface area contributed by atoms with Crippen molar-refractivity contribution in [3.8, 4) is 5.75 Å². The van der Waals surface area contributed by atoms with Crippen LogP contribution in [0.2, 0.25) is 0 Å². The van der Waals surface area contributed by atoms with Crippen molar-refractivity contribution in [1.82, 2.24) is 10.3 Å². The van der Waals surface area contributed by atoms with E-state index in [1.807, 2.05) is 24.4 Å². The van der Waals surface area contributed by atoms with Crippen molar-refractivity contribution in [3.63, 3.8) is 0 Å². The van der Waals surface area contributed by atoms with Crippen molar-refractivity contribution in [2.75, 3.05) is 13.7 Å². The summed E-state index contributed by atoms with van der Waals surface area (Å²) < 4.78 is 5.21. The summed E-state index contributed by atoms with van der Waals surface area (Å²) in [5.41, 5.74) is 2.27. The molecule has 0 atom stereocenters. The summed E-state index contributed by atoms with van der Waals surface area (Å²) in [4.78, 5) is 14.0. The van der Waals surface area contributed by atoms with Gasteiger partial charge in [-0.3, -0.25) is 4.79 Å². The molecule has 0 fully saturated rings. The van der Waals surface area contributed by atoms with E-state index >= 15 is 0 Å². The predicted octanol–water partition coefficient (Wildman–Crippen LogP) is 1.85. The number of fused-ring (bicyclic) bond motifs is 1. The predicted molar refractivity (Wildman–Crippen MR) is 67.2 cm³/mol. The third kappa shape index (κ3) is 3.38. The minimum atomic E-state index is 0. The molecule has 0 aliphatic heterocycles. The molecular formula is C13H16AuN2O2. The molecule has 1 radical (unpaired) electrons. The second-order valence-corrected chi connectivity index (χ2v) is 3.96. The number of H-pyrrole nitrogens is 1. The van der Waals surface area contributed by atoms with E-state index in [1.165, 1.54) is 12.5 Å². The molecule has 0 saturated carbocycles. The molecule has 0 saturated heterocycles. The zero-order valence-electron chi connectivity index (χ0n) is 10.3. The molecule has 0 aliphatic rings. The van der Waals surface area contributed by atoms with E-state index < -0.39 is 0 Å². The number of amides is 1. The summed E-state index contributed by atoms with van der Waals surface area (Å²) in [5.74, 6) is 0.847. The Hall–Kier alpha value is -1.23.